The van der Waals surface area contributed by atoms with Crippen LogP contribution in [0.3, 0.4) is 0 Å². The molecule has 8 aromatic carbocycles. The van der Waals surface area contributed by atoms with E-state index in [0.717, 1.165) is 55.3 Å². The van der Waals surface area contributed by atoms with Gasteiger partial charge in [-0.15, -0.1) is 0 Å². The molecule has 4 N–H and O–H groups in total. The zero-order chi connectivity index (χ0) is 36.5. The highest BCUT2D eigenvalue weighted by Crippen LogP contribution is 2.41. The van der Waals surface area contributed by atoms with Gasteiger partial charge in [0.15, 0.2) is 0 Å². The van der Waals surface area contributed by atoms with Crippen LogP contribution in [-0.2, 0) is 0 Å². The second-order valence-electron chi connectivity index (χ2n) is 15.3. The molecule has 12 aromatic rings. The van der Waals surface area contributed by atoms with Gasteiger partial charge in [-0.05, 0) is 136 Å². The summed E-state index contributed by atoms with van der Waals surface area (Å²) in [5, 5.41) is 19.4. The standard InChI is InChI=1S/C52H32N4/c1-3-29-7-9-33-13-21-41(39-19-11-31(5-1)47(29)49(33)39)51-43-23-17-37(54-43)27-35-15-16-36(53-35)28-38-18-24-44(55-38)52(46-26-25-45(51)56-46)42-22-14-34-10-8-30-4-2-6-32-12-20-40(42)50(34)48(30)32/h1-28,53-56H. The first-order valence-corrected chi connectivity index (χ1v) is 19.2. The lowest BCUT2D eigenvalue weighted by Gasteiger charge is -2.16. The van der Waals surface area contributed by atoms with Crippen LogP contribution in [0, 0.1) is 0 Å². The average molecular weight is 713 g/mol. The molecule has 5 heterocycles. The van der Waals surface area contributed by atoms with Gasteiger partial charge in [-0.1, -0.05) is 109 Å². The fourth-order valence-electron chi connectivity index (χ4n) is 9.68. The van der Waals surface area contributed by atoms with Crippen molar-refractivity contribution < 1.29 is 0 Å². The van der Waals surface area contributed by atoms with Gasteiger partial charge in [0.1, 0.15) is 0 Å². The van der Waals surface area contributed by atoms with E-state index in [1.807, 2.05) is 0 Å². The number of nitrogens with one attached hydrogen (secondary N) is 4. The first-order chi connectivity index (χ1) is 27.7. The molecule has 0 saturated heterocycles. The van der Waals surface area contributed by atoms with Gasteiger partial charge in [-0.25, -0.2) is 0 Å². The first-order valence-electron chi connectivity index (χ1n) is 19.2. The lowest BCUT2D eigenvalue weighted by Crippen LogP contribution is -2.16. The summed E-state index contributed by atoms with van der Waals surface area (Å²) in [7, 11) is 0. The Morgan fingerprint density at radius 1 is 0.286 bits per heavy atom. The molecule has 0 radical (unpaired) electrons. The maximum Gasteiger partial charge on any atom is 0.0486 e. The van der Waals surface area contributed by atoms with E-state index >= 15 is 0 Å². The first kappa shape index (κ1) is 29.8. The van der Waals surface area contributed by atoms with Crippen molar-refractivity contribution in [3.8, 4) is 0 Å². The molecule has 0 spiro atoms. The number of hydrogen-bond acceptors (Lipinski definition) is 0. The average Bonchev–Trinajstić information content (AvgIpc) is 4.08. The van der Waals surface area contributed by atoms with Crippen LogP contribution in [0.15, 0.2) is 158 Å². The molecule has 0 fully saturated rings. The van der Waals surface area contributed by atoms with Gasteiger partial charge in [0, 0.05) is 55.3 Å². The summed E-state index contributed by atoms with van der Waals surface area (Å²) in [6.07, 6.45) is 4.35. The van der Waals surface area contributed by atoms with E-state index in [-0.39, 0.29) is 0 Å². The number of aromatic nitrogens is 4. The van der Waals surface area contributed by atoms with Gasteiger partial charge in [0.2, 0.25) is 0 Å². The molecule has 1 aliphatic heterocycles. The van der Waals surface area contributed by atoms with Crippen molar-refractivity contribution in [1.82, 2.24) is 19.9 Å². The van der Waals surface area contributed by atoms with Crippen molar-refractivity contribution in [2.75, 3.05) is 0 Å². The lowest BCUT2D eigenvalue weighted by atomic mass is 9.89. The topological polar surface area (TPSA) is 63.2 Å². The van der Waals surface area contributed by atoms with E-state index in [0.29, 0.717) is 0 Å². The highest BCUT2D eigenvalue weighted by atomic mass is 14.8. The third-order valence-corrected chi connectivity index (χ3v) is 12.1. The van der Waals surface area contributed by atoms with Crippen molar-refractivity contribution in [2.24, 2.45) is 0 Å². The molecule has 4 aromatic heterocycles. The van der Waals surface area contributed by atoms with Crippen molar-refractivity contribution >= 4 is 87.9 Å². The van der Waals surface area contributed by atoms with Crippen LogP contribution in [0.4, 0.5) is 0 Å². The zero-order valence-electron chi connectivity index (χ0n) is 30.2. The van der Waals surface area contributed by atoms with Crippen LogP contribution in [0.5, 0.6) is 0 Å². The predicted molar refractivity (Wildman–Crippen MR) is 232 cm³/mol. The van der Waals surface area contributed by atoms with Crippen LogP contribution in [-0.4, -0.2) is 19.9 Å². The summed E-state index contributed by atoms with van der Waals surface area (Å²) in [5.74, 6) is 0. The van der Waals surface area contributed by atoms with Crippen LogP contribution >= 0.6 is 0 Å². The third-order valence-electron chi connectivity index (χ3n) is 12.1. The predicted octanol–water partition coefficient (Wildman–Crippen LogP) is 9.26. The molecule has 0 aliphatic carbocycles. The smallest absolute Gasteiger partial charge is 0.0486 e. The number of aromatic amines is 4. The minimum Gasteiger partial charge on any atom is -0.355 e. The quantitative estimate of drug-likeness (QED) is 0.129. The molecule has 0 amide bonds. The molecule has 56 heavy (non-hydrogen) atoms. The minimum absolute atomic E-state index is 1.03. The van der Waals surface area contributed by atoms with Crippen molar-refractivity contribution in [3.05, 3.63) is 213 Å². The molecule has 0 atom stereocenters. The number of fused-ring (bicyclic) bond motifs is 8. The summed E-state index contributed by atoms with van der Waals surface area (Å²) < 4.78 is 0. The van der Waals surface area contributed by atoms with Crippen LogP contribution in [0.25, 0.3) is 87.9 Å². The van der Waals surface area contributed by atoms with Crippen LogP contribution in [0.1, 0.15) is 33.9 Å². The maximum absolute atomic E-state index is 4.01. The third kappa shape index (κ3) is 4.24. The lowest BCUT2D eigenvalue weighted by molar-refractivity contribution is 1.21. The SMILES string of the molecule is C1=c2ccc([nH]2)=C(c2ccc3ccc4cccc5ccc2c3c45)c2ccc([nH]2)C(c2ccc3ccc4cccc5ccc2c3c45)=c2ccc([nH]2)=Cc2ccc1[nH]2. The van der Waals surface area contributed by atoms with Crippen molar-refractivity contribution in [2.45, 2.75) is 0 Å². The molecule has 0 saturated carbocycles. The summed E-state index contributed by atoms with van der Waals surface area (Å²) >= 11 is 0. The highest BCUT2D eigenvalue weighted by Gasteiger charge is 2.20. The molecule has 0 unspecified atom stereocenters. The maximum atomic E-state index is 4.01. The molecule has 260 valence electrons. The Labute approximate surface area is 319 Å². The Kier molecular flexibility index (Phi) is 5.86. The number of H-pyrrole nitrogens is 4. The van der Waals surface area contributed by atoms with E-state index in [1.54, 1.807) is 0 Å². The highest BCUT2D eigenvalue weighted by molar-refractivity contribution is 6.26. The summed E-state index contributed by atoms with van der Waals surface area (Å²) in [5.41, 5.74) is 8.79. The molecule has 13 rings (SSSR count). The van der Waals surface area contributed by atoms with Gasteiger partial charge in [-0.2, -0.15) is 0 Å². The van der Waals surface area contributed by atoms with Gasteiger partial charge in [-0.3, -0.25) is 0 Å². The fourth-order valence-corrected chi connectivity index (χ4v) is 9.68. The Hall–Kier alpha value is -7.56. The van der Waals surface area contributed by atoms with Crippen molar-refractivity contribution in [3.63, 3.8) is 0 Å². The monoisotopic (exact) mass is 712 g/mol. The fraction of sp³-hybridized carbons (Fsp3) is 0. The van der Waals surface area contributed by atoms with Crippen molar-refractivity contribution in [1.29, 1.82) is 0 Å². The van der Waals surface area contributed by atoms with Gasteiger partial charge >= 0.3 is 0 Å². The van der Waals surface area contributed by atoms with Gasteiger partial charge < -0.3 is 19.9 Å². The van der Waals surface area contributed by atoms with E-state index < -0.39 is 0 Å². The van der Waals surface area contributed by atoms with E-state index in [2.05, 4.69) is 190 Å². The minimum atomic E-state index is 1.03. The van der Waals surface area contributed by atoms with E-state index in [9.17, 15) is 0 Å². The molecule has 1 aliphatic rings. The summed E-state index contributed by atoms with van der Waals surface area (Å²) in [6, 6.07) is 58.2. The molecule has 4 heteroatoms. The van der Waals surface area contributed by atoms with Gasteiger partial charge in [0.05, 0.1) is 0 Å². The normalized spacial score (nSPS) is 13.2. The summed E-state index contributed by atoms with van der Waals surface area (Å²) in [6.45, 7) is 0. The molecular formula is C52H32N4. The molecule has 8 bridgehead atoms. The summed E-state index contributed by atoms with van der Waals surface area (Å²) in [4.78, 5) is 15.2. The molecule has 4 nitrogen and oxygen atoms in total. The Bertz CT molecular complexity index is 3550. The van der Waals surface area contributed by atoms with E-state index in [4.69, 9.17) is 0 Å². The van der Waals surface area contributed by atoms with E-state index in [1.165, 1.54) is 75.8 Å². The zero-order valence-corrected chi connectivity index (χ0v) is 30.2. The number of rotatable bonds is 2. The largest absolute Gasteiger partial charge is 0.355 e. The Morgan fingerprint density at radius 2 is 0.696 bits per heavy atom. The molecular weight excluding hydrogens is 681 g/mol. The Balaban J connectivity index is 1.14. The second-order valence-corrected chi connectivity index (χ2v) is 15.3. The van der Waals surface area contributed by atoms with Crippen LogP contribution in [0.2, 0.25) is 0 Å². The number of benzene rings is 8. The number of hydrogen-bond donors (Lipinski definition) is 4. The van der Waals surface area contributed by atoms with Gasteiger partial charge in [0.25, 0.3) is 0 Å². The Morgan fingerprint density at radius 3 is 1.16 bits per heavy atom. The second kappa shape index (κ2) is 11.0. The van der Waals surface area contributed by atoms with Crippen LogP contribution < -0.4 is 21.4 Å².